The molecule has 5 rings (SSSR count). The van der Waals surface area contributed by atoms with E-state index < -0.39 is 15.9 Å². The number of hydrogen-bond acceptors (Lipinski definition) is 6. The van der Waals surface area contributed by atoms with Crippen molar-refractivity contribution in [1.29, 1.82) is 0 Å². The summed E-state index contributed by atoms with van der Waals surface area (Å²) in [6, 6.07) is 24.4. The minimum Gasteiger partial charge on any atom is -0.274 e. The predicted molar refractivity (Wildman–Crippen MR) is 131 cm³/mol. The normalized spacial score (nSPS) is 14.4. The van der Waals surface area contributed by atoms with E-state index >= 15 is 0 Å². The van der Waals surface area contributed by atoms with Crippen LogP contribution in [0.15, 0.2) is 88.9 Å². The largest absolute Gasteiger partial charge is 0.274 e. The first-order valence-electron chi connectivity index (χ1n) is 10.8. The summed E-state index contributed by atoms with van der Waals surface area (Å²) in [5.41, 5.74) is 3.39. The first kappa shape index (κ1) is 22.4. The van der Waals surface area contributed by atoms with E-state index in [1.807, 2.05) is 60.0 Å². The predicted octanol–water partition coefficient (Wildman–Crippen LogP) is 4.10. The molecule has 0 bridgehead atoms. The Hall–Kier alpha value is -3.43. The molecule has 0 saturated heterocycles. The van der Waals surface area contributed by atoms with Gasteiger partial charge < -0.3 is 0 Å². The van der Waals surface area contributed by atoms with E-state index in [-0.39, 0.29) is 17.0 Å². The number of sulfonamides is 1. The number of aromatic nitrogens is 3. The van der Waals surface area contributed by atoms with E-state index in [0.717, 1.165) is 26.9 Å². The Labute approximate surface area is 202 Å². The molecule has 0 aliphatic carbocycles. The van der Waals surface area contributed by atoms with Crippen LogP contribution in [0.5, 0.6) is 0 Å². The summed E-state index contributed by atoms with van der Waals surface area (Å²) in [6.07, 6.45) is 0.608. The highest BCUT2D eigenvalue weighted by Crippen LogP contribution is 2.31. The third-order valence-corrected chi connectivity index (χ3v) is 8.35. The Morgan fingerprint density at radius 2 is 1.68 bits per heavy atom. The van der Waals surface area contributed by atoms with Crippen molar-refractivity contribution in [3.05, 3.63) is 101 Å². The van der Waals surface area contributed by atoms with Gasteiger partial charge in [-0.1, -0.05) is 66.4 Å². The second kappa shape index (κ2) is 9.08. The molecular formula is C25H22N4O3S2. The fourth-order valence-electron chi connectivity index (χ4n) is 3.99. The van der Waals surface area contributed by atoms with Crippen LogP contribution < -0.4 is 0 Å². The Morgan fingerprint density at radius 3 is 2.44 bits per heavy atom. The zero-order chi connectivity index (χ0) is 23.7. The highest BCUT2D eigenvalue weighted by atomic mass is 32.2. The summed E-state index contributed by atoms with van der Waals surface area (Å²) < 4.78 is 28.6. The maximum Gasteiger partial charge on any atom is 0.269 e. The fourth-order valence-corrected chi connectivity index (χ4v) is 6.57. The molecule has 7 nitrogen and oxygen atoms in total. The molecule has 34 heavy (non-hydrogen) atoms. The van der Waals surface area contributed by atoms with Crippen LogP contribution in [0, 0.1) is 6.92 Å². The van der Waals surface area contributed by atoms with Crippen LogP contribution in [0.25, 0.3) is 5.69 Å². The van der Waals surface area contributed by atoms with Gasteiger partial charge in [-0.3, -0.25) is 9.36 Å². The minimum atomic E-state index is -3.83. The van der Waals surface area contributed by atoms with Crippen LogP contribution >= 0.6 is 11.8 Å². The van der Waals surface area contributed by atoms with Crippen LogP contribution in [0.1, 0.15) is 27.3 Å². The van der Waals surface area contributed by atoms with Gasteiger partial charge in [0.15, 0.2) is 5.16 Å². The Balaban J connectivity index is 1.40. The number of benzene rings is 3. The summed E-state index contributed by atoms with van der Waals surface area (Å²) >= 11 is 1.38. The van der Waals surface area contributed by atoms with Gasteiger partial charge in [0.2, 0.25) is 0 Å². The van der Waals surface area contributed by atoms with E-state index in [9.17, 15) is 13.2 Å². The zero-order valence-corrected chi connectivity index (χ0v) is 20.1. The molecule has 4 aromatic rings. The molecule has 1 aromatic heterocycles. The number of carbonyl (C=O) groups excluding carboxylic acids is 1. The average Bonchev–Trinajstić information content (AvgIpc) is 3.31. The zero-order valence-electron chi connectivity index (χ0n) is 18.5. The van der Waals surface area contributed by atoms with Crippen molar-refractivity contribution in [2.24, 2.45) is 0 Å². The first-order valence-corrected chi connectivity index (χ1v) is 13.2. The quantitative estimate of drug-likeness (QED) is 0.363. The Morgan fingerprint density at radius 1 is 0.912 bits per heavy atom. The van der Waals surface area contributed by atoms with Crippen LogP contribution in [-0.4, -0.2) is 45.7 Å². The van der Waals surface area contributed by atoms with Gasteiger partial charge >= 0.3 is 0 Å². The van der Waals surface area contributed by atoms with Gasteiger partial charge in [0.1, 0.15) is 10.7 Å². The third-order valence-electron chi connectivity index (χ3n) is 5.60. The molecule has 172 valence electrons. The van der Waals surface area contributed by atoms with Gasteiger partial charge in [0.05, 0.1) is 5.56 Å². The lowest BCUT2D eigenvalue weighted by molar-refractivity contribution is 0.0876. The van der Waals surface area contributed by atoms with E-state index in [2.05, 4.69) is 16.3 Å². The number of hydrogen-bond donors (Lipinski definition) is 0. The highest BCUT2D eigenvalue weighted by Gasteiger charge is 2.40. The fraction of sp³-hybridized carbons (Fsp3) is 0.160. The summed E-state index contributed by atoms with van der Waals surface area (Å²) in [5, 5.41) is 9.49. The summed E-state index contributed by atoms with van der Waals surface area (Å²) in [7, 11) is -3.83. The molecular weight excluding hydrogens is 468 g/mol. The van der Waals surface area contributed by atoms with Gasteiger partial charge in [-0.25, -0.2) is 12.7 Å². The number of amides is 1. The van der Waals surface area contributed by atoms with Crippen LogP contribution in [0.3, 0.4) is 0 Å². The summed E-state index contributed by atoms with van der Waals surface area (Å²) in [4.78, 5) is 12.8. The second-order valence-corrected chi connectivity index (χ2v) is 10.9. The highest BCUT2D eigenvalue weighted by molar-refractivity contribution is 7.99. The Bertz CT molecular complexity index is 1470. The minimum absolute atomic E-state index is 0.0508. The van der Waals surface area contributed by atoms with Crippen molar-refractivity contribution >= 4 is 27.7 Å². The third kappa shape index (κ3) is 4.12. The molecule has 0 radical (unpaired) electrons. The maximum atomic E-state index is 12.8. The molecule has 0 fully saturated rings. The molecule has 0 unspecified atom stereocenters. The van der Waals surface area contributed by atoms with Crippen molar-refractivity contribution in [2.45, 2.75) is 23.4 Å². The number of rotatable bonds is 7. The van der Waals surface area contributed by atoms with Gasteiger partial charge in [0, 0.05) is 24.4 Å². The monoisotopic (exact) mass is 490 g/mol. The topological polar surface area (TPSA) is 85.2 Å². The SMILES string of the molecule is Cc1cccc(-n2c(Cc3ccccc3)nnc2SCCN2C(=O)c3ccccc3S2(=O)=O)c1. The van der Waals surface area contributed by atoms with Gasteiger partial charge in [-0.15, -0.1) is 10.2 Å². The van der Waals surface area contributed by atoms with Gasteiger partial charge in [-0.2, -0.15) is 0 Å². The lowest BCUT2D eigenvalue weighted by Gasteiger charge is -2.15. The first-order chi connectivity index (χ1) is 16.4. The molecule has 1 aliphatic heterocycles. The van der Waals surface area contributed by atoms with Crippen molar-refractivity contribution in [1.82, 2.24) is 19.1 Å². The number of thioether (sulfide) groups is 1. The number of fused-ring (bicyclic) bond motifs is 1. The lowest BCUT2D eigenvalue weighted by Crippen LogP contribution is -2.32. The molecule has 0 spiro atoms. The van der Waals surface area contributed by atoms with E-state index in [1.54, 1.807) is 18.2 Å². The molecule has 3 aromatic carbocycles. The molecule has 1 amide bonds. The van der Waals surface area contributed by atoms with E-state index in [4.69, 9.17) is 0 Å². The van der Waals surface area contributed by atoms with E-state index in [1.165, 1.54) is 17.8 Å². The lowest BCUT2D eigenvalue weighted by atomic mass is 10.1. The molecule has 0 atom stereocenters. The summed E-state index contributed by atoms with van der Waals surface area (Å²) in [6.45, 7) is 2.08. The molecule has 0 saturated carbocycles. The summed E-state index contributed by atoms with van der Waals surface area (Å²) in [5.74, 6) is 0.659. The van der Waals surface area contributed by atoms with Gasteiger partial charge in [-0.05, 0) is 42.3 Å². The molecule has 1 aliphatic rings. The smallest absolute Gasteiger partial charge is 0.269 e. The number of carbonyl (C=O) groups is 1. The molecule has 9 heteroatoms. The Kier molecular flexibility index (Phi) is 5.97. The van der Waals surface area contributed by atoms with E-state index in [0.29, 0.717) is 17.3 Å². The van der Waals surface area contributed by atoms with Crippen molar-refractivity contribution in [2.75, 3.05) is 12.3 Å². The number of aryl methyl sites for hydroxylation is 1. The van der Waals surface area contributed by atoms with Crippen LogP contribution in [0.4, 0.5) is 0 Å². The van der Waals surface area contributed by atoms with Crippen LogP contribution in [0.2, 0.25) is 0 Å². The second-order valence-electron chi connectivity index (χ2n) is 7.96. The molecule has 0 N–H and O–H groups in total. The van der Waals surface area contributed by atoms with Crippen molar-refractivity contribution < 1.29 is 13.2 Å². The van der Waals surface area contributed by atoms with Crippen LogP contribution in [-0.2, 0) is 16.4 Å². The average molecular weight is 491 g/mol. The van der Waals surface area contributed by atoms with Crippen molar-refractivity contribution in [3.63, 3.8) is 0 Å². The number of nitrogens with zero attached hydrogens (tertiary/aromatic N) is 4. The molecule has 2 heterocycles. The maximum absolute atomic E-state index is 12.8. The van der Waals surface area contributed by atoms with Crippen molar-refractivity contribution in [3.8, 4) is 5.69 Å². The van der Waals surface area contributed by atoms with Gasteiger partial charge in [0.25, 0.3) is 15.9 Å². The standard InChI is InChI=1S/C25H22N4O3S2/c1-18-8-7-11-20(16-18)29-23(17-19-9-3-2-4-10-19)26-27-25(29)33-15-14-28-24(30)21-12-5-6-13-22(21)34(28,31)32/h2-13,16H,14-15,17H2,1H3.